The molecule has 1 amide bonds. The number of nitrogens with zero attached hydrogens (tertiary/aromatic N) is 1. The first-order valence-corrected chi connectivity index (χ1v) is 7.55. The molecular formula is C16H17BrN2O2. The first-order valence-electron chi connectivity index (χ1n) is 6.75. The lowest BCUT2D eigenvalue weighted by molar-refractivity contribution is -0.116. The van der Waals surface area contributed by atoms with Gasteiger partial charge in [-0.05, 0) is 46.5 Å². The van der Waals surface area contributed by atoms with E-state index in [2.05, 4.69) is 21.2 Å². The number of aryl methyl sites for hydroxylation is 2. The molecular weight excluding hydrogens is 332 g/mol. The van der Waals surface area contributed by atoms with Crippen molar-refractivity contribution in [2.45, 2.75) is 26.8 Å². The van der Waals surface area contributed by atoms with Gasteiger partial charge in [0, 0.05) is 22.4 Å². The fourth-order valence-corrected chi connectivity index (χ4v) is 2.54. The molecule has 0 spiro atoms. The zero-order valence-corrected chi connectivity index (χ0v) is 13.6. The van der Waals surface area contributed by atoms with Crippen LogP contribution in [0.25, 0.3) is 0 Å². The summed E-state index contributed by atoms with van der Waals surface area (Å²) in [6.45, 7) is 4.00. The van der Waals surface area contributed by atoms with Gasteiger partial charge >= 0.3 is 0 Å². The van der Waals surface area contributed by atoms with Crippen LogP contribution < -0.4 is 10.9 Å². The van der Waals surface area contributed by atoms with Crippen molar-refractivity contribution < 1.29 is 4.79 Å². The summed E-state index contributed by atoms with van der Waals surface area (Å²) in [6, 6.07) is 9.02. The second kappa shape index (κ2) is 6.72. The monoisotopic (exact) mass is 348 g/mol. The minimum Gasteiger partial charge on any atom is -0.324 e. The van der Waals surface area contributed by atoms with E-state index in [-0.39, 0.29) is 18.0 Å². The van der Waals surface area contributed by atoms with E-state index in [1.165, 1.54) is 10.6 Å². The number of hydrogen-bond acceptors (Lipinski definition) is 2. The molecule has 0 saturated heterocycles. The molecule has 0 aliphatic carbocycles. The molecule has 1 heterocycles. The molecule has 0 aliphatic heterocycles. The number of aromatic nitrogens is 1. The van der Waals surface area contributed by atoms with E-state index >= 15 is 0 Å². The molecule has 0 saturated carbocycles. The zero-order chi connectivity index (χ0) is 15.4. The van der Waals surface area contributed by atoms with Crippen molar-refractivity contribution in [3.8, 4) is 0 Å². The molecule has 0 fully saturated rings. The molecule has 2 rings (SSSR count). The van der Waals surface area contributed by atoms with E-state index in [0.717, 1.165) is 27.7 Å². The second-order valence-corrected chi connectivity index (χ2v) is 5.74. The summed E-state index contributed by atoms with van der Waals surface area (Å²) in [5.74, 6) is -0.209. The Balaban J connectivity index is 2.19. The number of halogens is 1. The van der Waals surface area contributed by atoms with Crippen LogP contribution in [0.2, 0.25) is 0 Å². The van der Waals surface area contributed by atoms with Crippen LogP contribution in [0.5, 0.6) is 0 Å². The summed E-state index contributed by atoms with van der Waals surface area (Å²) in [7, 11) is 0. The lowest BCUT2D eigenvalue weighted by Gasteiger charge is -2.13. The average molecular weight is 349 g/mol. The molecule has 1 aromatic heterocycles. The molecule has 21 heavy (non-hydrogen) atoms. The predicted molar refractivity (Wildman–Crippen MR) is 87.6 cm³/mol. The molecule has 4 nitrogen and oxygen atoms in total. The van der Waals surface area contributed by atoms with Crippen LogP contribution in [-0.2, 0) is 17.8 Å². The van der Waals surface area contributed by atoms with Crippen molar-refractivity contribution in [1.29, 1.82) is 0 Å². The van der Waals surface area contributed by atoms with Gasteiger partial charge in [0.1, 0.15) is 6.54 Å². The SMILES string of the molecule is CCc1cccc(C)c1NC(=O)Cn1cc(Br)ccc1=O. The smallest absolute Gasteiger partial charge is 0.251 e. The van der Waals surface area contributed by atoms with Crippen LogP contribution in [0.3, 0.4) is 0 Å². The summed E-state index contributed by atoms with van der Waals surface area (Å²) in [5.41, 5.74) is 2.75. The highest BCUT2D eigenvalue weighted by molar-refractivity contribution is 9.10. The van der Waals surface area contributed by atoms with Crippen molar-refractivity contribution in [3.63, 3.8) is 0 Å². The summed E-state index contributed by atoms with van der Waals surface area (Å²) < 4.78 is 2.14. The summed E-state index contributed by atoms with van der Waals surface area (Å²) in [5, 5.41) is 2.91. The Hall–Kier alpha value is -1.88. The lowest BCUT2D eigenvalue weighted by atomic mass is 10.1. The topological polar surface area (TPSA) is 51.1 Å². The Morgan fingerprint density at radius 3 is 2.76 bits per heavy atom. The van der Waals surface area contributed by atoms with Crippen LogP contribution in [0.1, 0.15) is 18.1 Å². The first-order chi connectivity index (χ1) is 10.0. The normalized spacial score (nSPS) is 10.4. The molecule has 110 valence electrons. The Bertz CT molecular complexity index is 722. The van der Waals surface area contributed by atoms with Crippen LogP contribution >= 0.6 is 15.9 Å². The highest BCUT2D eigenvalue weighted by atomic mass is 79.9. The van der Waals surface area contributed by atoms with Gasteiger partial charge in [-0.3, -0.25) is 9.59 Å². The van der Waals surface area contributed by atoms with Gasteiger partial charge in [0.2, 0.25) is 5.91 Å². The van der Waals surface area contributed by atoms with E-state index in [0.29, 0.717) is 0 Å². The van der Waals surface area contributed by atoms with Crippen LogP contribution in [0.4, 0.5) is 5.69 Å². The number of pyridine rings is 1. The maximum Gasteiger partial charge on any atom is 0.251 e. The van der Waals surface area contributed by atoms with E-state index in [4.69, 9.17) is 0 Å². The van der Waals surface area contributed by atoms with Crippen molar-refractivity contribution in [3.05, 3.63) is 62.5 Å². The van der Waals surface area contributed by atoms with E-state index in [1.807, 2.05) is 32.0 Å². The minimum atomic E-state index is -0.209. The van der Waals surface area contributed by atoms with E-state index in [9.17, 15) is 9.59 Å². The molecule has 2 aromatic rings. The number of carbonyl (C=O) groups is 1. The maximum atomic E-state index is 12.2. The molecule has 1 aromatic carbocycles. The summed E-state index contributed by atoms with van der Waals surface area (Å²) in [6.07, 6.45) is 2.45. The fourth-order valence-electron chi connectivity index (χ4n) is 2.16. The van der Waals surface area contributed by atoms with Crippen molar-refractivity contribution in [2.75, 3.05) is 5.32 Å². The molecule has 0 radical (unpaired) electrons. The van der Waals surface area contributed by atoms with Gasteiger partial charge in [-0.2, -0.15) is 0 Å². The molecule has 0 aliphatic rings. The molecule has 0 atom stereocenters. The van der Waals surface area contributed by atoms with Gasteiger partial charge < -0.3 is 9.88 Å². The van der Waals surface area contributed by atoms with Gasteiger partial charge in [-0.25, -0.2) is 0 Å². The predicted octanol–water partition coefficient (Wildman–Crippen LogP) is 3.12. The number of anilines is 1. The van der Waals surface area contributed by atoms with Gasteiger partial charge in [0.25, 0.3) is 5.56 Å². The quantitative estimate of drug-likeness (QED) is 0.922. The van der Waals surface area contributed by atoms with Crippen LogP contribution in [0.15, 0.2) is 45.8 Å². The van der Waals surface area contributed by atoms with Gasteiger partial charge in [-0.15, -0.1) is 0 Å². The van der Waals surface area contributed by atoms with Crippen LogP contribution in [-0.4, -0.2) is 10.5 Å². The van der Waals surface area contributed by atoms with Gasteiger partial charge in [-0.1, -0.05) is 25.1 Å². The van der Waals surface area contributed by atoms with Gasteiger partial charge in [0.05, 0.1) is 0 Å². The van der Waals surface area contributed by atoms with Crippen molar-refractivity contribution >= 4 is 27.5 Å². The first kappa shape index (κ1) is 15.5. The number of hydrogen-bond donors (Lipinski definition) is 1. The zero-order valence-electron chi connectivity index (χ0n) is 12.0. The highest BCUT2D eigenvalue weighted by Gasteiger charge is 2.10. The Morgan fingerprint density at radius 1 is 1.29 bits per heavy atom. The number of nitrogens with one attached hydrogen (secondary N) is 1. The van der Waals surface area contributed by atoms with Gasteiger partial charge in [0.15, 0.2) is 0 Å². The van der Waals surface area contributed by atoms with E-state index < -0.39 is 0 Å². The van der Waals surface area contributed by atoms with Crippen molar-refractivity contribution in [1.82, 2.24) is 4.57 Å². The largest absolute Gasteiger partial charge is 0.324 e. The molecule has 5 heteroatoms. The summed E-state index contributed by atoms with van der Waals surface area (Å²) >= 11 is 3.30. The minimum absolute atomic E-state index is 0.00420. The number of benzene rings is 1. The Kier molecular flexibility index (Phi) is 4.96. The average Bonchev–Trinajstić information content (AvgIpc) is 2.45. The molecule has 0 unspecified atom stereocenters. The van der Waals surface area contributed by atoms with E-state index in [1.54, 1.807) is 12.3 Å². The maximum absolute atomic E-state index is 12.2. The fraction of sp³-hybridized carbons (Fsp3) is 0.250. The number of rotatable bonds is 4. The van der Waals surface area contributed by atoms with Crippen molar-refractivity contribution in [2.24, 2.45) is 0 Å². The Labute approximate surface area is 131 Å². The van der Waals surface area contributed by atoms with Crippen LogP contribution in [0, 0.1) is 6.92 Å². The molecule has 1 N–H and O–H groups in total. The summed E-state index contributed by atoms with van der Waals surface area (Å²) in [4.78, 5) is 23.9. The third kappa shape index (κ3) is 3.82. The standard InChI is InChI=1S/C16H17BrN2O2/c1-3-12-6-4-5-11(2)16(12)18-14(20)10-19-9-13(17)7-8-15(19)21/h4-9H,3,10H2,1-2H3,(H,18,20). The third-order valence-corrected chi connectivity index (χ3v) is 3.73. The highest BCUT2D eigenvalue weighted by Crippen LogP contribution is 2.21. The second-order valence-electron chi connectivity index (χ2n) is 4.82. The lowest BCUT2D eigenvalue weighted by Crippen LogP contribution is -2.27. The number of para-hydroxylation sites is 1. The number of carbonyl (C=O) groups excluding carboxylic acids is 1. The number of amides is 1. The molecule has 0 bridgehead atoms. The Morgan fingerprint density at radius 2 is 2.05 bits per heavy atom. The third-order valence-electron chi connectivity index (χ3n) is 3.27.